The molecular formula is C25H15F3N6O. The molecule has 5 aromatic rings. The van der Waals surface area contributed by atoms with E-state index < -0.39 is 12.1 Å². The van der Waals surface area contributed by atoms with E-state index in [1.165, 1.54) is 36.4 Å². The van der Waals surface area contributed by atoms with Crippen LogP contribution >= 0.6 is 0 Å². The van der Waals surface area contributed by atoms with Crippen molar-refractivity contribution in [2.75, 3.05) is 4.90 Å². The molecule has 0 spiro atoms. The third-order valence-corrected chi connectivity index (χ3v) is 5.35. The summed E-state index contributed by atoms with van der Waals surface area (Å²) in [6.07, 6.45) is 0.0248. The van der Waals surface area contributed by atoms with Gasteiger partial charge in [-0.1, -0.05) is 18.2 Å². The number of rotatable bonds is 4. The number of fused-ring (bicyclic) bond motifs is 1. The fourth-order valence-corrected chi connectivity index (χ4v) is 3.79. The average Bonchev–Trinajstić information content (AvgIpc) is 3.54. The van der Waals surface area contributed by atoms with Crippen LogP contribution in [0.15, 0.2) is 85.3 Å². The van der Waals surface area contributed by atoms with Gasteiger partial charge in [-0.2, -0.15) is 23.5 Å². The molecule has 2 aromatic carbocycles. The third-order valence-electron chi connectivity index (χ3n) is 5.35. The number of aromatic amines is 1. The van der Waals surface area contributed by atoms with Gasteiger partial charge >= 0.3 is 12.1 Å². The molecule has 1 amide bonds. The molecule has 172 valence electrons. The molecule has 3 heterocycles. The van der Waals surface area contributed by atoms with Crippen LogP contribution in [0.3, 0.4) is 0 Å². The second-order valence-electron chi connectivity index (χ2n) is 7.57. The number of hydrogen-bond acceptors (Lipinski definition) is 4. The molecule has 1 N–H and O–H groups in total. The highest BCUT2D eigenvalue weighted by Gasteiger charge is 2.43. The lowest BCUT2D eigenvalue weighted by molar-refractivity contribution is -0.169. The highest BCUT2D eigenvalue weighted by Crippen LogP contribution is 2.34. The zero-order valence-electron chi connectivity index (χ0n) is 17.9. The summed E-state index contributed by atoms with van der Waals surface area (Å²) in [5, 5.41) is 14.6. The first-order valence-electron chi connectivity index (χ1n) is 10.4. The molecule has 0 unspecified atom stereocenters. The Kier molecular flexibility index (Phi) is 5.30. The van der Waals surface area contributed by atoms with Gasteiger partial charge in [0, 0.05) is 35.2 Å². The van der Waals surface area contributed by atoms with E-state index in [9.17, 15) is 18.0 Å². The number of amides is 1. The number of H-pyrrole nitrogens is 1. The van der Waals surface area contributed by atoms with Crippen LogP contribution in [0.1, 0.15) is 5.56 Å². The van der Waals surface area contributed by atoms with Crippen molar-refractivity contribution in [3.8, 4) is 23.0 Å². The third kappa shape index (κ3) is 4.11. The molecule has 0 aliphatic heterocycles. The van der Waals surface area contributed by atoms with Gasteiger partial charge in [-0.05, 0) is 48.5 Å². The van der Waals surface area contributed by atoms with Crippen LogP contribution in [0.2, 0.25) is 0 Å². The van der Waals surface area contributed by atoms with Crippen molar-refractivity contribution in [1.29, 1.82) is 5.26 Å². The van der Waals surface area contributed by atoms with Crippen LogP contribution in [-0.2, 0) is 4.79 Å². The summed E-state index contributed by atoms with van der Waals surface area (Å²) < 4.78 is 42.1. The molecule has 0 aliphatic carbocycles. The van der Waals surface area contributed by atoms with Gasteiger partial charge in [0.05, 0.1) is 28.7 Å². The summed E-state index contributed by atoms with van der Waals surface area (Å²) >= 11 is 0. The number of aromatic nitrogens is 4. The van der Waals surface area contributed by atoms with Crippen LogP contribution in [0.25, 0.3) is 28.0 Å². The van der Waals surface area contributed by atoms with Crippen LogP contribution < -0.4 is 4.90 Å². The quantitative estimate of drug-likeness (QED) is 0.373. The zero-order valence-corrected chi connectivity index (χ0v) is 17.9. The normalized spacial score (nSPS) is 11.4. The number of anilines is 2. The Bertz CT molecular complexity index is 1590. The van der Waals surface area contributed by atoms with Gasteiger partial charge < -0.3 is 4.98 Å². The number of nitriles is 1. The van der Waals surface area contributed by atoms with Gasteiger partial charge in [0.1, 0.15) is 5.65 Å². The number of benzene rings is 2. The Morgan fingerprint density at radius 3 is 2.57 bits per heavy atom. The van der Waals surface area contributed by atoms with Crippen molar-refractivity contribution >= 4 is 28.3 Å². The van der Waals surface area contributed by atoms with Crippen molar-refractivity contribution in [2.24, 2.45) is 0 Å². The molecule has 10 heteroatoms. The summed E-state index contributed by atoms with van der Waals surface area (Å²) in [7, 11) is 0. The summed E-state index contributed by atoms with van der Waals surface area (Å²) in [5.74, 6) is -2.07. The number of carbonyl (C=O) groups is 1. The lowest BCUT2D eigenvalue weighted by Gasteiger charge is -2.24. The van der Waals surface area contributed by atoms with Gasteiger partial charge in [-0.15, -0.1) is 0 Å². The van der Waals surface area contributed by atoms with Crippen molar-refractivity contribution in [1.82, 2.24) is 19.7 Å². The van der Waals surface area contributed by atoms with Gasteiger partial charge in [0.15, 0.2) is 0 Å². The SMILES string of the molecule is N#Cc1cccc(N(C(=O)C(F)(F)F)c2cccc(-c3ccn(-c4ccnc5[nH]ccc45)n3)c2)c1. The topological polar surface area (TPSA) is 90.6 Å². The van der Waals surface area contributed by atoms with E-state index in [2.05, 4.69) is 15.1 Å². The molecular weight excluding hydrogens is 457 g/mol. The summed E-state index contributed by atoms with van der Waals surface area (Å²) in [4.78, 5) is 20.2. The monoisotopic (exact) mass is 472 g/mol. The minimum Gasteiger partial charge on any atom is -0.346 e. The zero-order chi connectivity index (χ0) is 24.6. The summed E-state index contributed by atoms with van der Waals surface area (Å²) in [5.41, 5.74) is 2.54. The fraction of sp³-hybridized carbons (Fsp3) is 0.0400. The highest BCUT2D eigenvalue weighted by molar-refractivity contribution is 6.04. The number of pyridine rings is 1. The van der Waals surface area contributed by atoms with Crippen LogP contribution in [0.4, 0.5) is 24.5 Å². The van der Waals surface area contributed by atoms with E-state index in [-0.39, 0.29) is 16.9 Å². The largest absolute Gasteiger partial charge is 0.472 e. The lowest BCUT2D eigenvalue weighted by atomic mass is 10.1. The van der Waals surface area contributed by atoms with E-state index >= 15 is 0 Å². The maximum absolute atomic E-state index is 13.5. The second-order valence-corrected chi connectivity index (χ2v) is 7.57. The van der Waals surface area contributed by atoms with Crippen molar-refractivity contribution < 1.29 is 18.0 Å². The highest BCUT2D eigenvalue weighted by atomic mass is 19.4. The van der Waals surface area contributed by atoms with Gasteiger partial charge in [0.25, 0.3) is 0 Å². The van der Waals surface area contributed by atoms with E-state index in [1.807, 2.05) is 12.1 Å². The molecule has 0 saturated carbocycles. The Morgan fingerprint density at radius 1 is 1.03 bits per heavy atom. The number of alkyl halides is 3. The van der Waals surface area contributed by atoms with Gasteiger partial charge in [-0.3, -0.25) is 9.69 Å². The molecule has 0 radical (unpaired) electrons. The smallest absolute Gasteiger partial charge is 0.346 e. The predicted octanol–water partition coefficient (Wildman–Crippen LogP) is 5.51. The molecule has 5 rings (SSSR count). The lowest BCUT2D eigenvalue weighted by Crippen LogP contribution is -2.38. The summed E-state index contributed by atoms with van der Waals surface area (Å²) in [6, 6.07) is 18.8. The van der Waals surface area contributed by atoms with Crippen molar-refractivity contribution in [2.45, 2.75) is 6.18 Å². The van der Waals surface area contributed by atoms with Crippen molar-refractivity contribution in [3.05, 3.63) is 90.9 Å². The maximum atomic E-state index is 13.5. The molecule has 0 saturated heterocycles. The molecule has 35 heavy (non-hydrogen) atoms. The maximum Gasteiger partial charge on any atom is 0.472 e. The number of halogens is 3. The molecule has 0 atom stereocenters. The molecule has 3 aromatic heterocycles. The molecule has 7 nitrogen and oxygen atoms in total. The second kappa shape index (κ2) is 8.46. The first kappa shape index (κ1) is 21.9. The minimum absolute atomic E-state index is 0.00796. The number of nitrogens with zero attached hydrogens (tertiary/aromatic N) is 5. The van der Waals surface area contributed by atoms with Crippen LogP contribution in [0.5, 0.6) is 0 Å². The Labute approximate surface area is 196 Å². The minimum atomic E-state index is -5.12. The van der Waals surface area contributed by atoms with Crippen LogP contribution in [-0.4, -0.2) is 31.8 Å². The van der Waals surface area contributed by atoms with Gasteiger partial charge in [0.2, 0.25) is 0 Å². The first-order chi connectivity index (χ1) is 16.8. The number of carbonyl (C=O) groups excluding carboxylic acids is 1. The molecule has 0 aliphatic rings. The van der Waals surface area contributed by atoms with Gasteiger partial charge in [-0.25, -0.2) is 9.67 Å². The van der Waals surface area contributed by atoms with Crippen molar-refractivity contribution in [3.63, 3.8) is 0 Å². The number of nitrogens with one attached hydrogen (secondary N) is 1. The first-order valence-corrected chi connectivity index (χ1v) is 10.4. The molecule has 0 fully saturated rings. The number of hydrogen-bond donors (Lipinski definition) is 1. The Balaban J connectivity index is 1.57. The van der Waals surface area contributed by atoms with E-state index in [0.717, 1.165) is 11.1 Å². The summed E-state index contributed by atoms with van der Waals surface area (Å²) in [6.45, 7) is 0. The predicted molar refractivity (Wildman–Crippen MR) is 123 cm³/mol. The van der Waals surface area contributed by atoms with E-state index in [4.69, 9.17) is 5.26 Å². The Morgan fingerprint density at radius 2 is 1.80 bits per heavy atom. The standard InChI is InChI=1S/C25H15F3N6O/c26-25(27,28)24(35)34(18-5-1-3-16(13-18)15-29)19-6-2-4-17(14-19)21-9-12-33(32-21)22-8-11-31-23-20(22)7-10-30-23/h1-14H,(H,30,31). The van der Waals surface area contributed by atoms with E-state index in [1.54, 1.807) is 47.5 Å². The Hall–Kier alpha value is -4.91. The average molecular weight is 472 g/mol. The van der Waals surface area contributed by atoms with Crippen LogP contribution in [0, 0.1) is 11.3 Å². The molecule has 0 bridgehead atoms. The van der Waals surface area contributed by atoms with E-state index in [0.29, 0.717) is 21.8 Å². The fourth-order valence-electron chi connectivity index (χ4n) is 3.79.